The van der Waals surface area contributed by atoms with Gasteiger partial charge in [0.25, 0.3) is 11.1 Å². The fourth-order valence-corrected chi connectivity index (χ4v) is 3.34. The Morgan fingerprint density at radius 3 is 2.68 bits per heavy atom. The van der Waals surface area contributed by atoms with Crippen LogP contribution in [-0.2, 0) is 13.6 Å². The van der Waals surface area contributed by atoms with Crippen LogP contribution >= 0.6 is 22.6 Å². The number of pyridine rings is 1. The fourth-order valence-electron chi connectivity index (χ4n) is 2.89. The van der Waals surface area contributed by atoms with E-state index in [4.69, 9.17) is 5.11 Å². The summed E-state index contributed by atoms with van der Waals surface area (Å²) in [5, 5.41) is 21.6. The van der Waals surface area contributed by atoms with Gasteiger partial charge in [0.1, 0.15) is 17.0 Å². The van der Waals surface area contributed by atoms with Crippen LogP contribution in [0.4, 0.5) is 15.9 Å². The third-order valence-electron chi connectivity index (χ3n) is 4.39. The van der Waals surface area contributed by atoms with E-state index >= 15 is 0 Å². The number of anilines is 2. The molecule has 3 N–H and O–H groups in total. The highest BCUT2D eigenvalue weighted by Gasteiger charge is 2.19. The van der Waals surface area contributed by atoms with Crippen LogP contribution in [0, 0.1) is 16.3 Å². The SMILES string of the molecule is Cc1c(=O)n(C)c(Nc2ccc(I)cc2F)c2c(=O)n(C[C@@H](O)CO)cnc12. The number of fused-ring (bicyclic) bond motifs is 1. The molecule has 148 valence electrons. The summed E-state index contributed by atoms with van der Waals surface area (Å²) in [7, 11) is 1.47. The highest BCUT2D eigenvalue weighted by Crippen LogP contribution is 2.25. The summed E-state index contributed by atoms with van der Waals surface area (Å²) < 4.78 is 17.4. The van der Waals surface area contributed by atoms with Gasteiger partial charge >= 0.3 is 0 Å². The Balaban J connectivity index is 2.29. The number of rotatable bonds is 5. The minimum absolute atomic E-state index is 0.0881. The first-order valence-electron chi connectivity index (χ1n) is 8.34. The average molecular weight is 500 g/mol. The molecule has 28 heavy (non-hydrogen) atoms. The van der Waals surface area contributed by atoms with Gasteiger partial charge in [-0.3, -0.25) is 18.7 Å². The topological polar surface area (TPSA) is 109 Å². The second-order valence-corrected chi connectivity index (χ2v) is 7.59. The van der Waals surface area contributed by atoms with Gasteiger partial charge in [-0.05, 0) is 47.7 Å². The van der Waals surface area contributed by atoms with Crippen molar-refractivity contribution >= 4 is 45.0 Å². The van der Waals surface area contributed by atoms with Crippen molar-refractivity contribution < 1.29 is 14.6 Å². The van der Waals surface area contributed by atoms with Gasteiger partial charge in [-0.1, -0.05) is 0 Å². The second kappa shape index (κ2) is 7.97. The maximum Gasteiger partial charge on any atom is 0.264 e. The molecule has 8 nitrogen and oxygen atoms in total. The van der Waals surface area contributed by atoms with E-state index in [9.17, 15) is 19.1 Å². The molecule has 0 aliphatic carbocycles. The smallest absolute Gasteiger partial charge is 0.264 e. The van der Waals surface area contributed by atoms with Gasteiger partial charge in [0, 0.05) is 16.2 Å². The Kier molecular flexibility index (Phi) is 5.82. The molecule has 1 atom stereocenters. The van der Waals surface area contributed by atoms with Crippen molar-refractivity contribution in [1.82, 2.24) is 14.1 Å². The monoisotopic (exact) mass is 500 g/mol. The highest BCUT2D eigenvalue weighted by atomic mass is 127. The summed E-state index contributed by atoms with van der Waals surface area (Å²) in [6, 6.07) is 4.53. The van der Waals surface area contributed by atoms with Crippen LogP contribution < -0.4 is 16.4 Å². The number of benzene rings is 1. The summed E-state index contributed by atoms with van der Waals surface area (Å²) in [4.78, 5) is 29.8. The average Bonchev–Trinajstić information content (AvgIpc) is 2.66. The van der Waals surface area contributed by atoms with E-state index in [0.717, 1.165) is 4.57 Å². The molecule has 0 fully saturated rings. The summed E-state index contributed by atoms with van der Waals surface area (Å²) in [5.74, 6) is -0.441. The number of nitrogens with one attached hydrogen (secondary N) is 1. The van der Waals surface area contributed by atoms with Crippen LogP contribution in [0.15, 0.2) is 34.1 Å². The molecule has 0 bridgehead atoms. The van der Waals surface area contributed by atoms with Crippen molar-refractivity contribution in [2.24, 2.45) is 7.05 Å². The lowest BCUT2D eigenvalue weighted by molar-refractivity contribution is 0.0802. The summed E-state index contributed by atoms with van der Waals surface area (Å²) in [6.07, 6.45) is 0.0706. The molecule has 0 radical (unpaired) electrons. The van der Waals surface area contributed by atoms with Crippen LogP contribution in [-0.4, -0.2) is 37.0 Å². The normalized spacial score (nSPS) is 12.4. The molecule has 0 spiro atoms. The van der Waals surface area contributed by atoms with E-state index in [1.54, 1.807) is 13.0 Å². The molecule has 0 unspecified atom stereocenters. The molecule has 0 aliphatic rings. The van der Waals surface area contributed by atoms with Crippen LogP contribution in [0.5, 0.6) is 0 Å². The Morgan fingerprint density at radius 2 is 2.04 bits per heavy atom. The van der Waals surface area contributed by atoms with E-state index in [-0.39, 0.29) is 40.1 Å². The lowest BCUT2D eigenvalue weighted by Gasteiger charge is -2.17. The number of hydrogen-bond acceptors (Lipinski definition) is 6. The lowest BCUT2D eigenvalue weighted by Crippen LogP contribution is -2.32. The maximum atomic E-state index is 14.3. The molecule has 0 aliphatic heterocycles. The van der Waals surface area contributed by atoms with Gasteiger partial charge < -0.3 is 15.5 Å². The number of aryl methyl sites for hydroxylation is 1. The molecular formula is C18H18FIN4O4. The Labute approximate surface area is 172 Å². The molecule has 0 saturated carbocycles. The quantitative estimate of drug-likeness (QED) is 0.455. The van der Waals surface area contributed by atoms with E-state index in [1.165, 1.54) is 30.1 Å². The van der Waals surface area contributed by atoms with Crippen molar-refractivity contribution in [3.8, 4) is 0 Å². The largest absolute Gasteiger partial charge is 0.394 e. The van der Waals surface area contributed by atoms with E-state index < -0.39 is 24.1 Å². The minimum atomic E-state index is -1.14. The number of nitrogens with zero attached hydrogens (tertiary/aromatic N) is 3. The highest BCUT2D eigenvalue weighted by molar-refractivity contribution is 14.1. The molecule has 2 aromatic heterocycles. The molecule has 0 amide bonds. The predicted octanol–water partition coefficient (Wildman–Crippen LogP) is 1.24. The Morgan fingerprint density at radius 1 is 1.32 bits per heavy atom. The van der Waals surface area contributed by atoms with E-state index in [0.29, 0.717) is 3.57 Å². The van der Waals surface area contributed by atoms with Gasteiger partial charge in [0.05, 0.1) is 36.8 Å². The molecular weight excluding hydrogens is 482 g/mol. The maximum absolute atomic E-state index is 14.3. The Hall–Kier alpha value is -2.31. The zero-order chi connectivity index (χ0) is 20.6. The third-order valence-corrected chi connectivity index (χ3v) is 5.06. The summed E-state index contributed by atoms with van der Waals surface area (Å²) >= 11 is 1.98. The van der Waals surface area contributed by atoms with Gasteiger partial charge in [0.2, 0.25) is 0 Å². The molecule has 1 aromatic carbocycles. The van der Waals surface area contributed by atoms with Gasteiger partial charge in [0.15, 0.2) is 0 Å². The zero-order valence-corrected chi connectivity index (χ0v) is 17.3. The van der Waals surface area contributed by atoms with Gasteiger partial charge in [-0.2, -0.15) is 0 Å². The van der Waals surface area contributed by atoms with Crippen molar-refractivity contribution in [3.05, 3.63) is 60.2 Å². The number of aromatic nitrogens is 3. The lowest BCUT2D eigenvalue weighted by atomic mass is 10.2. The number of hydrogen-bond donors (Lipinski definition) is 3. The number of aliphatic hydroxyl groups excluding tert-OH is 2. The summed E-state index contributed by atoms with van der Waals surface area (Å²) in [6.45, 7) is 0.868. The first kappa shape index (κ1) is 20.4. The van der Waals surface area contributed by atoms with Gasteiger partial charge in [-0.15, -0.1) is 0 Å². The standard InChI is InChI=1S/C18H18FIN4O4/c1-9-15-14(18(28)24(8-21-15)6-11(26)7-25)16(23(2)17(9)27)22-13-4-3-10(20)5-12(13)19/h3-5,8,11,22,25-26H,6-7H2,1-2H3/t11-/m1/s1. The molecule has 0 saturated heterocycles. The molecule has 3 aromatic rings. The minimum Gasteiger partial charge on any atom is -0.394 e. The Bertz CT molecular complexity index is 1170. The summed E-state index contributed by atoms with van der Waals surface area (Å²) in [5.41, 5.74) is -0.328. The van der Waals surface area contributed by atoms with Crippen molar-refractivity contribution in [2.45, 2.75) is 19.6 Å². The first-order valence-corrected chi connectivity index (χ1v) is 9.42. The van der Waals surface area contributed by atoms with E-state index in [1.807, 2.05) is 22.6 Å². The third kappa shape index (κ3) is 3.66. The van der Waals surface area contributed by atoms with Gasteiger partial charge in [-0.25, -0.2) is 9.37 Å². The first-order chi connectivity index (χ1) is 13.2. The van der Waals surface area contributed by atoms with Crippen LogP contribution in [0.2, 0.25) is 0 Å². The molecule has 2 heterocycles. The van der Waals surface area contributed by atoms with E-state index in [2.05, 4.69) is 10.3 Å². The van der Waals surface area contributed by atoms with Crippen LogP contribution in [0.25, 0.3) is 10.9 Å². The predicted molar refractivity (Wildman–Crippen MR) is 111 cm³/mol. The fraction of sp³-hybridized carbons (Fsp3) is 0.278. The van der Waals surface area contributed by atoms with Crippen LogP contribution in [0.3, 0.4) is 0 Å². The number of halogens is 2. The van der Waals surface area contributed by atoms with Crippen molar-refractivity contribution in [1.29, 1.82) is 0 Å². The second-order valence-electron chi connectivity index (χ2n) is 6.35. The van der Waals surface area contributed by atoms with Crippen molar-refractivity contribution in [2.75, 3.05) is 11.9 Å². The zero-order valence-electron chi connectivity index (χ0n) is 15.1. The molecule has 10 heteroatoms. The number of aliphatic hydroxyl groups is 2. The van der Waals surface area contributed by atoms with Crippen molar-refractivity contribution in [3.63, 3.8) is 0 Å². The molecule has 3 rings (SSSR count). The van der Waals surface area contributed by atoms with Crippen LogP contribution in [0.1, 0.15) is 5.56 Å².